The zero-order valence-corrected chi connectivity index (χ0v) is 28.2. The van der Waals surface area contributed by atoms with Gasteiger partial charge in [-0.25, -0.2) is 8.78 Å². The van der Waals surface area contributed by atoms with Crippen molar-refractivity contribution in [1.29, 1.82) is 0 Å². The Morgan fingerprint density at radius 3 is 2.35 bits per heavy atom. The number of ether oxygens (including phenoxy) is 1. The number of alkyl halides is 1. The first-order valence-corrected chi connectivity index (χ1v) is 17.6. The van der Waals surface area contributed by atoms with E-state index >= 15 is 4.39 Å². The fraction of sp³-hybridized carbons (Fsp3) is 0.583. The minimum atomic E-state index is -2.02. The van der Waals surface area contributed by atoms with Crippen molar-refractivity contribution in [2.45, 2.75) is 95.8 Å². The Balaban J connectivity index is 1.22. The smallest absolute Gasteiger partial charge is 0.270 e. The second kappa shape index (κ2) is 14.8. The normalized spacial score (nSPS) is 23.3. The second-order valence-electron chi connectivity index (χ2n) is 14.1. The average Bonchev–Trinajstić information content (AvgIpc) is 3.44. The van der Waals surface area contributed by atoms with Gasteiger partial charge in [0.1, 0.15) is 23.3 Å². The molecule has 2 heterocycles. The number of amides is 4. The summed E-state index contributed by atoms with van der Waals surface area (Å²) < 4.78 is 37.4. The molecule has 1 aromatic carbocycles. The molecular weight excluding hydrogens is 634 g/mol. The molecule has 3 N–H and O–H groups in total. The van der Waals surface area contributed by atoms with Crippen LogP contribution < -0.4 is 16.0 Å². The summed E-state index contributed by atoms with van der Waals surface area (Å²) in [6, 6.07) is 5.01. The van der Waals surface area contributed by atoms with Crippen molar-refractivity contribution in [1.82, 2.24) is 25.3 Å². The van der Waals surface area contributed by atoms with E-state index in [1.165, 1.54) is 23.1 Å². The Morgan fingerprint density at radius 2 is 1.69 bits per heavy atom. The molecule has 11 nitrogen and oxygen atoms in total. The third-order valence-electron chi connectivity index (χ3n) is 10.6. The van der Waals surface area contributed by atoms with Crippen molar-refractivity contribution in [3.63, 3.8) is 0 Å². The number of carbonyl (C=O) groups is 4. The minimum absolute atomic E-state index is 0.0748. The third kappa shape index (κ3) is 7.87. The van der Waals surface area contributed by atoms with E-state index in [0.29, 0.717) is 37.9 Å². The quantitative estimate of drug-likeness (QED) is 0.306. The van der Waals surface area contributed by atoms with Gasteiger partial charge in [0.2, 0.25) is 5.91 Å². The number of halogens is 2. The van der Waals surface area contributed by atoms with Crippen LogP contribution in [0.15, 0.2) is 36.2 Å². The van der Waals surface area contributed by atoms with Gasteiger partial charge in [0.25, 0.3) is 17.7 Å². The van der Waals surface area contributed by atoms with Crippen LogP contribution in [0.5, 0.6) is 0 Å². The fourth-order valence-corrected chi connectivity index (χ4v) is 7.16. The molecule has 4 fully saturated rings. The van der Waals surface area contributed by atoms with Gasteiger partial charge in [0.15, 0.2) is 5.67 Å². The molecule has 0 unspecified atom stereocenters. The van der Waals surface area contributed by atoms with Crippen molar-refractivity contribution >= 4 is 34.9 Å². The van der Waals surface area contributed by atoms with Gasteiger partial charge >= 0.3 is 0 Å². The van der Waals surface area contributed by atoms with Crippen LogP contribution in [-0.2, 0) is 19.1 Å². The summed E-state index contributed by atoms with van der Waals surface area (Å²) in [5.74, 6) is -2.69. The van der Waals surface area contributed by atoms with Gasteiger partial charge in [-0.3, -0.25) is 23.9 Å². The monoisotopic (exact) mass is 680 g/mol. The van der Waals surface area contributed by atoms with Gasteiger partial charge in [-0.15, -0.1) is 0 Å². The zero-order chi connectivity index (χ0) is 34.7. The number of carbonyl (C=O) groups excluding carboxylic acids is 4. The molecule has 264 valence electrons. The molecule has 0 spiro atoms. The second-order valence-corrected chi connectivity index (χ2v) is 14.1. The van der Waals surface area contributed by atoms with Crippen LogP contribution in [0.1, 0.15) is 100 Å². The lowest BCUT2D eigenvalue weighted by atomic mass is 9.79. The third-order valence-corrected chi connectivity index (χ3v) is 10.6. The SMILES string of the molecule is C/C(=C(\NC(=O)C1(F)CC1)C(=O)N1CCOCC1)c1ccc(NC(=O)[C@@H](NC(=O)c2ccnn2C2CCCC2)C2CCC(C)CC2)c(F)c1. The Labute approximate surface area is 285 Å². The molecule has 49 heavy (non-hydrogen) atoms. The maximum absolute atomic E-state index is 15.7. The van der Waals surface area contributed by atoms with Gasteiger partial charge in [-0.1, -0.05) is 38.7 Å². The maximum Gasteiger partial charge on any atom is 0.270 e. The summed E-state index contributed by atoms with van der Waals surface area (Å²) in [7, 11) is 0. The Hall–Kier alpha value is -4.13. The summed E-state index contributed by atoms with van der Waals surface area (Å²) in [6.45, 7) is 4.98. The van der Waals surface area contributed by atoms with Gasteiger partial charge in [0, 0.05) is 19.3 Å². The van der Waals surface area contributed by atoms with Gasteiger partial charge in [-0.05, 0) is 86.6 Å². The van der Waals surface area contributed by atoms with E-state index in [2.05, 4.69) is 28.0 Å². The molecule has 1 saturated heterocycles. The first-order valence-electron chi connectivity index (χ1n) is 17.6. The predicted octanol–water partition coefficient (Wildman–Crippen LogP) is 4.91. The first kappa shape index (κ1) is 34.7. The topological polar surface area (TPSA) is 135 Å². The number of morpholine rings is 1. The molecule has 4 aliphatic rings. The molecule has 0 bridgehead atoms. The van der Waals surface area contributed by atoms with Crippen LogP contribution >= 0.6 is 0 Å². The highest BCUT2D eigenvalue weighted by molar-refractivity contribution is 6.06. The van der Waals surface area contributed by atoms with E-state index in [1.807, 2.05) is 0 Å². The zero-order valence-electron chi connectivity index (χ0n) is 28.2. The lowest BCUT2D eigenvalue weighted by molar-refractivity contribution is -0.134. The Kier molecular flexibility index (Phi) is 10.5. The molecule has 3 aliphatic carbocycles. The van der Waals surface area contributed by atoms with Crippen molar-refractivity contribution in [3.8, 4) is 0 Å². The summed E-state index contributed by atoms with van der Waals surface area (Å²) in [5.41, 5.74) is -1.30. The fourth-order valence-electron chi connectivity index (χ4n) is 7.16. The standard InChI is InChI=1S/C36H46F2N6O5/c1-22-7-9-24(10-8-22)31(41-32(45)29-13-16-39-44(29)26-5-3-4-6-26)33(46)40-28-12-11-25(21-27(28)37)23(2)30(42-35(48)36(38)14-15-36)34(47)43-17-19-49-20-18-43/h11-13,16,21-22,24,26,31H,3-10,14-15,17-20H2,1-2H3,(H,40,46)(H,41,45)(H,42,48)/b30-23+/t22?,24?,31-/m0/s1. The lowest BCUT2D eigenvalue weighted by Gasteiger charge is -2.32. The molecule has 1 aliphatic heterocycles. The van der Waals surface area contributed by atoms with Crippen molar-refractivity contribution < 1.29 is 32.7 Å². The summed E-state index contributed by atoms with van der Waals surface area (Å²) in [6.07, 6.45) is 9.14. The maximum atomic E-state index is 15.7. The molecule has 13 heteroatoms. The highest BCUT2D eigenvalue weighted by atomic mass is 19.1. The van der Waals surface area contributed by atoms with Crippen molar-refractivity contribution in [2.75, 3.05) is 31.6 Å². The molecule has 0 radical (unpaired) electrons. The minimum Gasteiger partial charge on any atom is -0.378 e. The molecule has 3 saturated carbocycles. The van der Waals surface area contributed by atoms with Crippen molar-refractivity contribution in [3.05, 3.63) is 53.2 Å². The highest BCUT2D eigenvalue weighted by Gasteiger charge is 2.51. The Bertz CT molecular complexity index is 1600. The number of aromatic nitrogens is 2. The van der Waals surface area contributed by atoms with E-state index in [0.717, 1.165) is 51.4 Å². The summed E-state index contributed by atoms with van der Waals surface area (Å²) >= 11 is 0. The number of hydrogen-bond donors (Lipinski definition) is 3. The van der Waals surface area contributed by atoms with E-state index < -0.39 is 35.2 Å². The summed E-state index contributed by atoms with van der Waals surface area (Å²) in [5, 5.41) is 12.5. The van der Waals surface area contributed by atoms with Gasteiger partial charge in [-0.2, -0.15) is 5.10 Å². The number of nitrogens with one attached hydrogen (secondary N) is 3. The van der Waals surface area contributed by atoms with Crippen LogP contribution in [0.25, 0.3) is 5.57 Å². The largest absolute Gasteiger partial charge is 0.378 e. The van der Waals surface area contributed by atoms with Crippen LogP contribution in [-0.4, -0.2) is 76.3 Å². The van der Waals surface area contributed by atoms with Crippen LogP contribution in [0.2, 0.25) is 0 Å². The van der Waals surface area contributed by atoms with Crippen LogP contribution in [0.4, 0.5) is 14.5 Å². The molecule has 4 amide bonds. The van der Waals surface area contributed by atoms with Crippen LogP contribution in [0, 0.1) is 17.7 Å². The molecular formula is C36H46F2N6O5. The number of nitrogens with zero attached hydrogens (tertiary/aromatic N) is 3. The molecule has 1 atom stereocenters. The van der Waals surface area contributed by atoms with E-state index in [1.54, 1.807) is 23.9 Å². The number of rotatable bonds is 10. The van der Waals surface area contributed by atoms with E-state index in [-0.39, 0.29) is 53.2 Å². The van der Waals surface area contributed by atoms with Gasteiger partial charge in [0.05, 0.1) is 24.9 Å². The number of benzene rings is 1. The first-order chi connectivity index (χ1) is 23.5. The predicted molar refractivity (Wildman–Crippen MR) is 178 cm³/mol. The summed E-state index contributed by atoms with van der Waals surface area (Å²) in [4.78, 5) is 55.1. The number of anilines is 1. The number of allylic oxidation sites excluding steroid dienone is 1. The lowest BCUT2D eigenvalue weighted by Crippen LogP contribution is -2.49. The molecule has 1 aromatic heterocycles. The highest BCUT2D eigenvalue weighted by Crippen LogP contribution is 2.40. The van der Waals surface area contributed by atoms with E-state index in [4.69, 9.17) is 4.74 Å². The molecule has 6 rings (SSSR count). The van der Waals surface area contributed by atoms with Crippen LogP contribution in [0.3, 0.4) is 0 Å². The molecule has 2 aromatic rings. The Morgan fingerprint density at radius 1 is 1.00 bits per heavy atom. The van der Waals surface area contributed by atoms with Gasteiger partial charge < -0.3 is 25.6 Å². The van der Waals surface area contributed by atoms with Crippen molar-refractivity contribution in [2.24, 2.45) is 11.8 Å². The average molecular weight is 681 g/mol. The van der Waals surface area contributed by atoms with E-state index in [9.17, 15) is 23.6 Å². The number of hydrogen-bond acceptors (Lipinski definition) is 6.